The van der Waals surface area contributed by atoms with Gasteiger partial charge in [-0.1, -0.05) is 36.4 Å². The molecule has 3 aromatic rings. The van der Waals surface area contributed by atoms with Crippen LogP contribution in [0.25, 0.3) is 0 Å². The molecule has 2 aromatic carbocycles. The van der Waals surface area contributed by atoms with Gasteiger partial charge in [-0.2, -0.15) is 10.2 Å². The summed E-state index contributed by atoms with van der Waals surface area (Å²) in [6.07, 6.45) is -4.24. The highest BCUT2D eigenvalue weighted by Gasteiger charge is 2.58. The number of H-pyrrole nitrogens is 1. The van der Waals surface area contributed by atoms with Crippen LogP contribution in [0.4, 0.5) is 0 Å². The first kappa shape index (κ1) is 42.9. The Labute approximate surface area is 317 Å². The van der Waals surface area contributed by atoms with Gasteiger partial charge in [-0.15, -0.1) is 11.6 Å². The first-order valence-corrected chi connectivity index (χ1v) is 20.4. The zero-order chi connectivity index (χ0) is 39.8. The topological polar surface area (TPSA) is 212 Å². The second kappa shape index (κ2) is 18.2. The highest BCUT2D eigenvalue weighted by Crippen LogP contribution is 2.55. The number of carbonyl (C=O) groups excluding carboxylic acids is 2. The Bertz CT molecular complexity index is 1940. The molecule has 1 aliphatic heterocycles. The molecule has 3 N–H and O–H groups in total. The Morgan fingerprint density at radius 2 is 1.31 bits per heavy atom. The molecule has 1 fully saturated rings. The molecule has 2 heterocycles. The first-order valence-electron chi connectivity index (χ1n) is 17.0. The summed E-state index contributed by atoms with van der Waals surface area (Å²) in [5.74, 6) is -1.31. The number of nitrogens with zero attached hydrogens (tertiary/aromatic N) is 1. The Morgan fingerprint density at radius 3 is 1.80 bits per heavy atom. The van der Waals surface area contributed by atoms with Crippen LogP contribution in [0.2, 0.25) is 0 Å². The average molecular weight is 815 g/mol. The summed E-state index contributed by atoms with van der Waals surface area (Å²) in [7, 11) is -9.16. The Balaban J connectivity index is 1.74. The third-order valence-electron chi connectivity index (χ3n) is 7.50. The Morgan fingerprint density at radius 1 is 0.833 bits per heavy atom. The number of para-hydroxylation sites is 2. The van der Waals surface area contributed by atoms with Crippen molar-refractivity contribution in [3.8, 4) is 11.5 Å². The predicted molar refractivity (Wildman–Crippen MR) is 197 cm³/mol. The van der Waals surface area contributed by atoms with E-state index in [2.05, 4.69) is 15.2 Å². The van der Waals surface area contributed by atoms with Crippen LogP contribution in [-0.2, 0) is 42.0 Å². The number of nitrogens with one attached hydrogen (secondary N) is 3. The number of ether oxygens (including phenoxy) is 3. The van der Waals surface area contributed by atoms with Crippen LogP contribution < -0.4 is 30.5 Å². The number of aromatic nitrogens is 2. The zero-order valence-electron chi connectivity index (χ0n) is 30.7. The molecule has 1 aromatic heterocycles. The molecule has 296 valence electrons. The van der Waals surface area contributed by atoms with E-state index in [4.69, 9.17) is 43.9 Å². The van der Waals surface area contributed by atoms with Crippen LogP contribution in [0, 0.1) is 0 Å². The van der Waals surface area contributed by atoms with Crippen molar-refractivity contribution in [3.63, 3.8) is 0 Å². The van der Waals surface area contributed by atoms with Crippen LogP contribution in [0.5, 0.6) is 11.5 Å². The Hall–Kier alpha value is -3.79. The van der Waals surface area contributed by atoms with Gasteiger partial charge in [0.15, 0.2) is 6.23 Å². The summed E-state index contributed by atoms with van der Waals surface area (Å²) in [5, 5.41) is 5.16. The predicted octanol–water partition coefficient (Wildman–Crippen LogP) is 5.07. The van der Waals surface area contributed by atoms with Crippen molar-refractivity contribution in [3.05, 3.63) is 93.8 Å². The second-order valence-corrected chi connectivity index (χ2v) is 17.1. The van der Waals surface area contributed by atoms with Crippen molar-refractivity contribution in [2.45, 2.75) is 96.1 Å². The lowest BCUT2D eigenvalue weighted by Crippen LogP contribution is -2.46. The molecule has 0 bridgehead atoms. The lowest BCUT2D eigenvalue weighted by atomic mass is 10.0. The highest BCUT2D eigenvalue weighted by atomic mass is 35.5. The Kier molecular flexibility index (Phi) is 14.5. The van der Waals surface area contributed by atoms with E-state index in [1.807, 2.05) is 0 Å². The van der Waals surface area contributed by atoms with Crippen molar-refractivity contribution in [2.75, 3.05) is 6.61 Å². The van der Waals surface area contributed by atoms with Gasteiger partial charge in [0, 0.05) is 12.3 Å². The van der Waals surface area contributed by atoms with Crippen LogP contribution >= 0.6 is 27.1 Å². The molecule has 0 aliphatic carbocycles. The standard InChI is InChI=1S/C34H45ClN4O13P2/c1-21(2)47-30(41)23(5)37-53(44,50-25-14-10-8-11-15-25)46-20-27-29(34(7,35)32(49-27)39-19-18-28(40)36-33(39)43)52-54(45,51-26-16-12-9-13-17-26)38-24(6)31(42)48-22(3)4/h8-19,21-24,27,29,32H,20H2,1-7H3,(H,37,44)(H,38,45)(H,36,40,43)/t23-,24-,27-,29-,32-,34-,53-,54+/m1/s1. The van der Waals surface area contributed by atoms with Crippen molar-refractivity contribution in [2.24, 2.45) is 0 Å². The largest absolute Gasteiger partial charge is 0.462 e. The molecule has 0 saturated carbocycles. The number of hydrogen-bond acceptors (Lipinski definition) is 13. The van der Waals surface area contributed by atoms with Crippen molar-refractivity contribution in [1.29, 1.82) is 0 Å². The normalized spacial score (nSPS) is 23.2. The summed E-state index contributed by atoms with van der Waals surface area (Å²) in [4.78, 5) is 50.8. The summed E-state index contributed by atoms with van der Waals surface area (Å²) >= 11 is 7.14. The average Bonchev–Trinajstić information content (AvgIpc) is 3.32. The molecule has 0 amide bonds. The van der Waals surface area contributed by atoms with Gasteiger partial charge in [0.1, 0.15) is 40.7 Å². The molecular formula is C34H45ClN4O13P2. The number of hydrogen-bond donors (Lipinski definition) is 3. The molecule has 8 atom stereocenters. The van der Waals surface area contributed by atoms with Gasteiger partial charge >= 0.3 is 33.1 Å². The van der Waals surface area contributed by atoms with Crippen LogP contribution in [-0.4, -0.2) is 69.5 Å². The quantitative estimate of drug-likeness (QED) is 0.0870. The van der Waals surface area contributed by atoms with E-state index < -0.39 is 92.9 Å². The van der Waals surface area contributed by atoms with E-state index >= 15 is 0 Å². The first-order chi connectivity index (χ1) is 25.3. The van der Waals surface area contributed by atoms with Crippen LogP contribution in [0.1, 0.15) is 54.7 Å². The summed E-state index contributed by atoms with van der Waals surface area (Å²) < 4.78 is 70.4. The van der Waals surface area contributed by atoms with Gasteiger partial charge in [-0.05, 0) is 72.7 Å². The molecule has 20 heteroatoms. The third-order valence-corrected chi connectivity index (χ3v) is 11.2. The molecule has 4 rings (SSSR count). The highest BCUT2D eigenvalue weighted by molar-refractivity contribution is 7.52. The minimum Gasteiger partial charge on any atom is -0.462 e. The molecule has 1 aliphatic rings. The van der Waals surface area contributed by atoms with E-state index in [9.17, 15) is 28.3 Å². The molecule has 0 radical (unpaired) electrons. The fraction of sp³-hybridized carbons (Fsp3) is 0.471. The molecular weight excluding hydrogens is 770 g/mol. The third kappa shape index (κ3) is 11.6. The van der Waals surface area contributed by atoms with E-state index in [-0.39, 0.29) is 11.5 Å². The van der Waals surface area contributed by atoms with Gasteiger partial charge < -0.3 is 23.3 Å². The van der Waals surface area contributed by atoms with Crippen LogP contribution in [0.15, 0.2) is 82.5 Å². The number of aromatic amines is 1. The SMILES string of the molecule is CC(C)OC(=O)[C@@H](C)N[P@@](=O)(OC[C@H]1O[C@@H](n2ccc(=O)[nH]c2=O)[C@](C)(Cl)[C@@H]1O[P@](=O)(N[C@H](C)C(=O)OC(C)C)Oc1ccccc1)Oc1ccccc1. The summed E-state index contributed by atoms with van der Waals surface area (Å²) in [6.45, 7) is 10.1. The fourth-order valence-corrected chi connectivity index (χ4v) is 8.79. The molecule has 1 saturated heterocycles. The van der Waals surface area contributed by atoms with Crippen molar-refractivity contribution in [1.82, 2.24) is 19.7 Å². The number of alkyl halides is 1. The lowest BCUT2D eigenvalue weighted by molar-refractivity contribution is -0.150. The number of carbonyl (C=O) groups is 2. The minimum atomic E-state index is -4.66. The maximum Gasteiger partial charge on any atom is 0.459 e. The van der Waals surface area contributed by atoms with Crippen molar-refractivity contribution >= 4 is 39.0 Å². The number of esters is 2. The van der Waals surface area contributed by atoms with E-state index in [1.54, 1.807) is 64.1 Å². The maximum atomic E-state index is 14.7. The van der Waals surface area contributed by atoms with E-state index in [0.717, 1.165) is 16.8 Å². The summed E-state index contributed by atoms with van der Waals surface area (Å²) in [6, 6.07) is 14.5. The zero-order valence-corrected chi connectivity index (χ0v) is 33.2. The van der Waals surface area contributed by atoms with Gasteiger partial charge in [-0.25, -0.2) is 13.9 Å². The second-order valence-electron chi connectivity index (χ2n) is 13.0. The van der Waals surface area contributed by atoms with Gasteiger partial charge in [-0.3, -0.25) is 33.0 Å². The number of halogens is 1. The summed E-state index contributed by atoms with van der Waals surface area (Å²) in [5.41, 5.74) is -1.59. The minimum absolute atomic E-state index is 0.0846. The van der Waals surface area contributed by atoms with Crippen molar-refractivity contribution < 1.29 is 51.0 Å². The van der Waals surface area contributed by atoms with E-state index in [1.165, 1.54) is 45.0 Å². The maximum absolute atomic E-state index is 14.7. The fourth-order valence-electron chi connectivity index (χ4n) is 5.10. The monoisotopic (exact) mass is 814 g/mol. The van der Waals surface area contributed by atoms with Gasteiger partial charge in [0.2, 0.25) is 0 Å². The molecule has 17 nitrogen and oxygen atoms in total. The van der Waals surface area contributed by atoms with E-state index in [0.29, 0.717) is 0 Å². The molecule has 0 unspecified atom stereocenters. The van der Waals surface area contributed by atoms with Crippen LogP contribution in [0.3, 0.4) is 0 Å². The lowest BCUT2D eigenvalue weighted by Gasteiger charge is -2.33. The number of rotatable bonds is 18. The number of benzene rings is 2. The van der Waals surface area contributed by atoms with Gasteiger partial charge in [0.25, 0.3) is 5.56 Å². The molecule has 54 heavy (non-hydrogen) atoms. The van der Waals surface area contributed by atoms with Gasteiger partial charge in [0.05, 0.1) is 18.8 Å². The molecule has 0 spiro atoms. The smallest absolute Gasteiger partial charge is 0.459 e.